The molecule has 232 valence electrons. The zero-order valence-electron chi connectivity index (χ0n) is 25.4. The van der Waals surface area contributed by atoms with Crippen LogP contribution in [0.15, 0.2) is 61.7 Å². The largest absolute Gasteiger partial charge is 0.490 e. The van der Waals surface area contributed by atoms with Crippen LogP contribution in [-0.2, 0) is 21.5 Å². The highest BCUT2D eigenvalue weighted by Crippen LogP contribution is 2.46. The molecule has 3 aliphatic rings. The van der Waals surface area contributed by atoms with Crippen LogP contribution in [0.4, 0.5) is 5.69 Å². The summed E-state index contributed by atoms with van der Waals surface area (Å²) in [6.07, 6.45) is 8.56. The van der Waals surface area contributed by atoms with E-state index in [1.165, 1.54) is 11.1 Å². The lowest BCUT2D eigenvalue weighted by Crippen LogP contribution is -2.49. The van der Waals surface area contributed by atoms with Gasteiger partial charge in [0.25, 0.3) is 5.91 Å². The van der Waals surface area contributed by atoms with E-state index in [0.717, 1.165) is 61.7 Å². The molecule has 8 heteroatoms. The van der Waals surface area contributed by atoms with E-state index in [0.29, 0.717) is 18.6 Å². The molecule has 7 atom stereocenters. The van der Waals surface area contributed by atoms with E-state index in [2.05, 4.69) is 40.8 Å². The van der Waals surface area contributed by atoms with Crippen LogP contribution < -0.4 is 14.4 Å². The lowest BCUT2D eigenvalue weighted by atomic mass is 9.68. The molecule has 1 heterocycles. The molecular weight excluding hydrogens is 580 g/mol. The number of carbonyl (C=O) groups excluding carboxylic acids is 1. The Morgan fingerprint density at radius 2 is 2.05 bits per heavy atom. The molecule has 6 nitrogen and oxygen atoms in total. The zero-order chi connectivity index (χ0) is 30.9. The summed E-state index contributed by atoms with van der Waals surface area (Å²) in [4.78, 5) is 15.9. The maximum Gasteiger partial charge on any atom is 0.262 e. The second kappa shape index (κ2) is 12.7. The Morgan fingerprint density at radius 1 is 1.26 bits per heavy atom. The Hall–Kier alpha value is -2.74. The van der Waals surface area contributed by atoms with Gasteiger partial charge in [0.15, 0.2) is 0 Å². The lowest BCUT2D eigenvalue weighted by Gasteiger charge is -2.45. The fourth-order valence-electron chi connectivity index (χ4n) is 7.12. The van der Waals surface area contributed by atoms with Crippen LogP contribution in [0, 0.1) is 17.8 Å². The first-order valence-electron chi connectivity index (χ1n) is 15.4. The maximum absolute atomic E-state index is 13.5. The Bertz CT molecular complexity index is 1490. The number of allylic oxidation sites excluding steroid dienone is 1. The van der Waals surface area contributed by atoms with Crippen LogP contribution in [0.1, 0.15) is 67.4 Å². The Morgan fingerprint density at radius 3 is 2.74 bits per heavy atom. The van der Waals surface area contributed by atoms with Crippen molar-refractivity contribution in [2.45, 2.75) is 69.1 Å². The fraction of sp³-hybridized carbons (Fsp3) is 0.486. The van der Waals surface area contributed by atoms with Gasteiger partial charge in [-0.1, -0.05) is 36.7 Å². The molecule has 1 fully saturated rings. The van der Waals surface area contributed by atoms with Gasteiger partial charge in [-0.2, -0.15) is 0 Å². The van der Waals surface area contributed by atoms with Crippen LogP contribution in [0.25, 0.3) is 0 Å². The van der Waals surface area contributed by atoms with Gasteiger partial charge in [0.1, 0.15) is 5.75 Å². The molecule has 1 amide bonds. The van der Waals surface area contributed by atoms with Crippen LogP contribution in [0.2, 0.25) is 5.02 Å². The number of ether oxygens (including phenoxy) is 1. The van der Waals surface area contributed by atoms with E-state index >= 15 is 0 Å². The number of fused-ring (bicyclic) bond motifs is 3. The Balaban J connectivity index is 1.49. The van der Waals surface area contributed by atoms with Crippen molar-refractivity contribution in [2.24, 2.45) is 17.8 Å². The van der Waals surface area contributed by atoms with Crippen molar-refractivity contribution in [1.82, 2.24) is 4.72 Å². The first kappa shape index (κ1) is 31.7. The standard InChI is InChI=1S/C35H45ClN2O4S/c1-6-9-23(3)24(4)43(5,41)37-34(40)26-12-16-33-31(19-26)38(20-27-11-14-29(27)32(39)7-2)21-35(22-42-33)17-8-10-25-18-28(36)13-15-30(25)35/h6-7,12-13,15-16,18-19,23-24,27,29,32,39H,1-2,5,8-11,14,17,20-22H2,3-4H3,(H,37,40,41)/t23-,24+,27-,29+,32-,35-,43?/m0/s1. The second-order valence-corrected chi connectivity index (χ2v) is 15.7. The minimum atomic E-state index is -2.90. The molecule has 43 heavy (non-hydrogen) atoms. The normalized spacial score (nSPS) is 26.3. The van der Waals surface area contributed by atoms with E-state index < -0.39 is 21.7 Å². The van der Waals surface area contributed by atoms with E-state index in [1.54, 1.807) is 18.2 Å². The van der Waals surface area contributed by atoms with E-state index in [9.17, 15) is 14.1 Å². The van der Waals surface area contributed by atoms with Gasteiger partial charge in [-0.05, 0) is 111 Å². The summed E-state index contributed by atoms with van der Waals surface area (Å²) in [6, 6.07) is 11.7. The average molecular weight is 625 g/mol. The summed E-state index contributed by atoms with van der Waals surface area (Å²) in [6.45, 7) is 13.4. The molecule has 1 spiro atoms. The predicted octanol–water partition coefficient (Wildman–Crippen LogP) is 6.35. The summed E-state index contributed by atoms with van der Waals surface area (Å²) < 4.78 is 22.8. The third kappa shape index (κ3) is 6.40. The van der Waals surface area contributed by atoms with Crippen LogP contribution in [-0.4, -0.2) is 52.1 Å². The summed E-state index contributed by atoms with van der Waals surface area (Å²) >= 11 is 6.40. The van der Waals surface area contributed by atoms with Crippen molar-refractivity contribution in [2.75, 3.05) is 24.6 Å². The first-order chi connectivity index (χ1) is 20.5. The number of amides is 1. The van der Waals surface area contributed by atoms with Crippen molar-refractivity contribution in [3.05, 3.63) is 83.4 Å². The number of aryl methyl sites for hydroxylation is 1. The van der Waals surface area contributed by atoms with Crippen molar-refractivity contribution in [3.8, 4) is 5.75 Å². The van der Waals surface area contributed by atoms with E-state index in [-0.39, 0.29) is 28.4 Å². The van der Waals surface area contributed by atoms with Gasteiger partial charge < -0.3 is 14.7 Å². The van der Waals surface area contributed by atoms with Crippen molar-refractivity contribution >= 4 is 38.8 Å². The monoisotopic (exact) mass is 624 g/mol. The number of nitrogens with one attached hydrogen (secondary N) is 1. The minimum Gasteiger partial charge on any atom is -0.490 e. The fourth-order valence-corrected chi connectivity index (χ4v) is 8.80. The second-order valence-electron chi connectivity index (χ2n) is 12.9. The highest BCUT2D eigenvalue weighted by atomic mass is 35.5. The number of hydrogen-bond acceptors (Lipinski definition) is 5. The number of carbonyl (C=O) groups is 1. The smallest absolute Gasteiger partial charge is 0.262 e. The molecule has 0 bridgehead atoms. The molecule has 1 saturated carbocycles. The van der Waals surface area contributed by atoms with Crippen molar-refractivity contribution in [3.63, 3.8) is 0 Å². The van der Waals surface area contributed by atoms with Crippen LogP contribution in [0.5, 0.6) is 5.75 Å². The number of nitrogens with zero attached hydrogens (tertiary/aromatic N) is 1. The van der Waals surface area contributed by atoms with E-state index in [4.69, 9.17) is 16.3 Å². The van der Waals surface area contributed by atoms with Crippen LogP contribution >= 0.6 is 11.6 Å². The minimum absolute atomic E-state index is 0.0597. The number of hydrogen-bond donors (Lipinski definition) is 2. The van der Waals surface area contributed by atoms with Crippen molar-refractivity contribution < 1.29 is 18.8 Å². The number of anilines is 1. The third-order valence-corrected chi connectivity index (χ3v) is 12.5. The molecule has 2 aromatic carbocycles. The molecule has 2 aliphatic carbocycles. The van der Waals surface area contributed by atoms with Gasteiger partial charge in [0.2, 0.25) is 0 Å². The molecule has 0 saturated heterocycles. The average Bonchev–Trinajstić information content (AvgIpc) is 3.11. The quantitative estimate of drug-likeness (QED) is 0.238. The van der Waals surface area contributed by atoms with Gasteiger partial charge >= 0.3 is 0 Å². The highest BCUT2D eigenvalue weighted by Gasteiger charge is 2.44. The maximum atomic E-state index is 13.5. The molecule has 1 aliphatic heterocycles. The molecule has 0 radical (unpaired) electrons. The number of rotatable bonds is 10. The zero-order valence-corrected chi connectivity index (χ0v) is 27.0. The molecule has 0 aromatic heterocycles. The number of benzene rings is 2. The highest BCUT2D eigenvalue weighted by molar-refractivity contribution is 7.99. The number of aliphatic hydroxyl groups excluding tert-OH is 1. The number of aliphatic hydroxyl groups is 1. The number of halogens is 1. The molecule has 2 aromatic rings. The third-order valence-electron chi connectivity index (χ3n) is 10.1. The molecular formula is C35H45ClN2O4S. The summed E-state index contributed by atoms with van der Waals surface area (Å²) in [5.74, 6) is 4.72. The molecule has 1 unspecified atom stereocenters. The molecule has 2 N–H and O–H groups in total. The van der Waals surface area contributed by atoms with Gasteiger partial charge in [0.05, 0.1) is 28.1 Å². The van der Waals surface area contributed by atoms with Gasteiger partial charge in [0, 0.05) is 34.3 Å². The SMILES string of the molecule is C=CC[C@H](C)[C@@H](C)S(=C)(=O)NC(=O)c1ccc2c(c1)N(C[C@@H]1CC[C@H]1[C@@H](O)C=C)C[C@@]1(CCCc3cc(Cl)ccc31)CO2. The van der Waals surface area contributed by atoms with Crippen LogP contribution in [0.3, 0.4) is 0 Å². The first-order valence-corrected chi connectivity index (χ1v) is 17.5. The van der Waals surface area contributed by atoms with Crippen molar-refractivity contribution in [1.29, 1.82) is 0 Å². The predicted molar refractivity (Wildman–Crippen MR) is 179 cm³/mol. The lowest BCUT2D eigenvalue weighted by molar-refractivity contribution is 0.0460. The van der Waals surface area contributed by atoms with Gasteiger partial charge in [-0.15, -0.1) is 13.2 Å². The van der Waals surface area contributed by atoms with Gasteiger partial charge in [-0.25, -0.2) is 4.21 Å². The van der Waals surface area contributed by atoms with Gasteiger partial charge in [-0.3, -0.25) is 9.52 Å². The van der Waals surface area contributed by atoms with E-state index in [1.807, 2.05) is 32.0 Å². The summed E-state index contributed by atoms with van der Waals surface area (Å²) in [7, 11) is -2.90. The topological polar surface area (TPSA) is 78.9 Å². The summed E-state index contributed by atoms with van der Waals surface area (Å²) in [5, 5.41) is 11.0. The Labute approximate surface area is 262 Å². The summed E-state index contributed by atoms with van der Waals surface area (Å²) in [5.41, 5.74) is 3.55. The molecule has 5 rings (SSSR count). The Kier molecular flexibility index (Phi) is 9.36.